The third kappa shape index (κ3) is 3.65. The lowest BCUT2D eigenvalue weighted by molar-refractivity contribution is -0.146. The minimum absolute atomic E-state index is 0.123. The van der Waals surface area contributed by atoms with Gasteiger partial charge in [-0.05, 0) is 31.7 Å². The minimum atomic E-state index is -0.785. The zero-order valence-electron chi connectivity index (χ0n) is 12.1. The number of carbonyl (C=O) groups is 1. The van der Waals surface area contributed by atoms with Gasteiger partial charge in [-0.25, -0.2) is 4.98 Å². The van der Waals surface area contributed by atoms with E-state index in [2.05, 4.69) is 15.3 Å². The summed E-state index contributed by atoms with van der Waals surface area (Å²) in [7, 11) is 0. The molecule has 0 aromatic carbocycles. The number of likely N-dealkylation sites (N-methyl/N-ethyl adjacent to an activating group) is 1. The van der Waals surface area contributed by atoms with E-state index >= 15 is 0 Å². The van der Waals surface area contributed by atoms with Gasteiger partial charge in [-0.2, -0.15) is 0 Å². The monoisotopic (exact) mass is 311 g/mol. The van der Waals surface area contributed by atoms with E-state index in [1.54, 1.807) is 0 Å². The summed E-state index contributed by atoms with van der Waals surface area (Å²) >= 11 is 1.46. The molecule has 0 radical (unpaired) electrons. The molecule has 21 heavy (non-hydrogen) atoms. The second kappa shape index (κ2) is 7.09. The van der Waals surface area contributed by atoms with Crippen LogP contribution < -0.4 is 10.9 Å². The van der Waals surface area contributed by atoms with Gasteiger partial charge in [0, 0.05) is 18.0 Å². The van der Waals surface area contributed by atoms with E-state index in [-0.39, 0.29) is 11.5 Å². The quantitative estimate of drug-likeness (QED) is 0.521. The Morgan fingerprint density at radius 3 is 3.14 bits per heavy atom. The van der Waals surface area contributed by atoms with E-state index in [0.717, 1.165) is 25.0 Å². The third-order valence-electron chi connectivity index (χ3n) is 4.05. The molecule has 1 aliphatic carbocycles. The Labute approximate surface area is 127 Å². The summed E-state index contributed by atoms with van der Waals surface area (Å²) in [5, 5.41) is 13.4. The number of H-pyrrole nitrogens is 1. The van der Waals surface area contributed by atoms with Gasteiger partial charge >= 0.3 is 5.97 Å². The van der Waals surface area contributed by atoms with Crippen LogP contribution >= 0.6 is 11.8 Å². The van der Waals surface area contributed by atoms with Crippen molar-refractivity contribution >= 4 is 17.7 Å². The number of rotatable bonds is 7. The Kier molecular flexibility index (Phi) is 5.41. The predicted molar refractivity (Wildman–Crippen MR) is 81.6 cm³/mol. The van der Waals surface area contributed by atoms with Crippen molar-refractivity contribution in [2.24, 2.45) is 5.92 Å². The number of carboxylic acids is 1. The van der Waals surface area contributed by atoms with Crippen molar-refractivity contribution in [3.8, 4) is 0 Å². The first-order valence-corrected chi connectivity index (χ1v) is 8.23. The number of aromatic amines is 1. The van der Waals surface area contributed by atoms with Crippen molar-refractivity contribution in [2.75, 3.05) is 12.3 Å². The van der Waals surface area contributed by atoms with Crippen LogP contribution in [0.15, 0.2) is 22.2 Å². The second-order valence-corrected chi connectivity index (χ2v) is 6.36. The highest BCUT2D eigenvalue weighted by atomic mass is 32.2. The zero-order chi connectivity index (χ0) is 15.3. The maximum absolute atomic E-state index is 11.7. The molecule has 7 heteroatoms. The van der Waals surface area contributed by atoms with Crippen LogP contribution in [-0.4, -0.2) is 38.9 Å². The summed E-state index contributed by atoms with van der Waals surface area (Å²) in [4.78, 5) is 29.6. The molecule has 1 aromatic heterocycles. The van der Waals surface area contributed by atoms with Gasteiger partial charge < -0.3 is 15.4 Å². The van der Waals surface area contributed by atoms with Crippen LogP contribution in [0.25, 0.3) is 0 Å². The Balaban J connectivity index is 1.95. The van der Waals surface area contributed by atoms with Gasteiger partial charge in [0.2, 0.25) is 0 Å². The van der Waals surface area contributed by atoms with Gasteiger partial charge in [-0.3, -0.25) is 9.59 Å². The van der Waals surface area contributed by atoms with Crippen molar-refractivity contribution in [1.29, 1.82) is 0 Å². The van der Waals surface area contributed by atoms with Gasteiger partial charge in [0.25, 0.3) is 5.56 Å². The topological polar surface area (TPSA) is 95.1 Å². The molecule has 0 spiro atoms. The van der Waals surface area contributed by atoms with Crippen LogP contribution in [-0.2, 0) is 4.79 Å². The lowest BCUT2D eigenvalue weighted by atomic mass is 9.85. The van der Waals surface area contributed by atoms with E-state index in [4.69, 9.17) is 0 Å². The van der Waals surface area contributed by atoms with Crippen LogP contribution in [0.3, 0.4) is 0 Å². The average Bonchev–Trinajstić information content (AvgIpc) is 2.84. The molecule has 2 unspecified atom stereocenters. The van der Waals surface area contributed by atoms with Crippen molar-refractivity contribution in [1.82, 2.24) is 15.3 Å². The Hall–Kier alpha value is -1.34. The Morgan fingerprint density at radius 2 is 2.48 bits per heavy atom. The molecular weight excluding hydrogens is 290 g/mol. The average molecular weight is 311 g/mol. The standard InChI is InChI=1S/C14H21N3O3S/c1-2-16-14(12(19)20)7-3-4-10(14)6-9-21-13-15-8-5-11(18)17-13/h5,8,10,16H,2-4,6-7,9H2,1H3,(H,19,20)(H,15,17,18). The largest absolute Gasteiger partial charge is 0.480 e. The van der Waals surface area contributed by atoms with Crippen LogP contribution in [0, 0.1) is 5.92 Å². The molecule has 1 saturated carbocycles. The number of hydrogen-bond donors (Lipinski definition) is 3. The summed E-state index contributed by atoms with van der Waals surface area (Å²) in [6.07, 6.45) is 4.83. The number of nitrogens with one attached hydrogen (secondary N) is 2. The summed E-state index contributed by atoms with van der Waals surface area (Å²) < 4.78 is 0. The summed E-state index contributed by atoms with van der Waals surface area (Å²) in [6, 6.07) is 1.38. The first-order valence-electron chi connectivity index (χ1n) is 7.25. The summed E-state index contributed by atoms with van der Waals surface area (Å²) in [5.41, 5.74) is -0.951. The number of thioether (sulfide) groups is 1. The molecule has 3 N–H and O–H groups in total. The lowest BCUT2D eigenvalue weighted by Crippen LogP contribution is -2.54. The van der Waals surface area contributed by atoms with E-state index in [1.807, 2.05) is 6.92 Å². The van der Waals surface area contributed by atoms with E-state index in [1.165, 1.54) is 24.0 Å². The molecule has 0 saturated heterocycles. The van der Waals surface area contributed by atoms with E-state index in [9.17, 15) is 14.7 Å². The number of aliphatic carboxylic acids is 1. The summed E-state index contributed by atoms with van der Waals surface area (Å²) in [5.74, 6) is 0.124. The van der Waals surface area contributed by atoms with Gasteiger partial charge in [-0.1, -0.05) is 25.1 Å². The van der Waals surface area contributed by atoms with E-state index in [0.29, 0.717) is 18.1 Å². The lowest BCUT2D eigenvalue weighted by Gasteiger charge is -2.32. The van der Waals surface area contributed by atoms with Gasteiger partial charge in [0.1, 0.15) is 5.54 Å². The first-order chi connectivity index (χ1) is 10.1. The van der Waals surface area contributed by atoms with Gasteiger partial charge in [0.05, 0.1) is 0 Å². The zero-order valence-corrected chi connectivity index (χ0v) is 12.9. The van der Waals surface area contributed by atoms with E-state index < -0.39 is 11.5 Å². The molecule has 6 nitrogen and oxygen atoms in total. The molecule has 2 rings (SSSR count). The fourth-order valence-electron chi connectivity index (χ4n) is 3.10. The number of aromatic nitrogens is 2. The SMILES string of the molecule is CCNC1(C(=O)O)CCCC1CCSc1nccc(=O)[nH]1. The Morgan fingerprint density at radius 1 is 1.67 bits per heavy atom. The van der Waals surface area contributed by atoms with Crippen LogP contribution in [0.2, 0.25) is 0 Å². The van der Waals surface area contributed by atoms with Crippen LogP contribution in [0.1, 0.15) is 32.6 Å². The van der Waals surface area contributed by atoms with Crippen LogP contribution in [0.4, 0.5) is 0 Å². The third-order valence-corrected chi connectivity index (χ3v) is 4.97. The van der Waals surface area contributed by atoms with Crippen molar-refractivity contribution < 1.29 is 9.90 Å². The molecule has 0 bridgehead atoms. The molecular formula is C14H21N3O3S. The molecule has 2 atom stereocenters. The molecule has 0 amide bonds. The van der Waals surface area contributed by atoms with Crippen LogP contribution in [0.5, 0.6) is 0 Å². The number of carboxylic acid groups (broad SMARTS) is 1. The normalized spacial score (nSPS) is 25.1. The molecule has 1 aliphatic rings. The summed E-state index contributed by atoms with van der Waals surface area (Å²) in [6.45, 7) is 2.59. The van der Waals surface area contributed by atoms with Gasteiger partial charge in [0.15, 0.2) is 5.16 Å². The minimum Gasteiger partial charge on any atom is -0.480 e. The predicted octanol–water partition coefficient (Wildman–Crippen LogP) is 1.49. The maximum Gasteiger partial charge on any atom is 0.324 e. The number of hydrogen-bond acceptors (Lipinski definition) is 5. The molecule has 1 aromatic rings. The number of nitrogens with zero attached hydrogens (tertiary/aromatic N) is 1. The molecule has 116 valence electrons. The highest BCUT2D eigenvalue weighted by Gasteiger charge is 2.48. The van der Waals surface area contributed by atoms with Gasteiger partial charge in [-0.15, -0.1) is 0 Å². The first kappa shape index (κ1) is 16.0. The highest BCUT2D eigenvalue weighted by molar-refractivity contribution is 7.99. The maximum atomic E-state index is 11.7. The molecule has 1 fully saturated rings. The smallest absolute Gasteiger partial charge is 0.324 e. The fourth-order valence-corrected chi connectivity index (χ4v) is 4.00. The molecule has 1 heterocycles. The Bertz CT molecular complexity index is 548. The highest BCUT2D eigenvalue weighted by Crippen LogP contribution is 2.39. The van der Waals surface area contributed by atoms with Crippen molar-refractivity contribution in [2.45, 2.75) is 43.3 Å². The van der Waals surface area contributed by atoms with Crippen molar-refractivity contribution in [3.05, 3.63) is 22.6 Å². The fraction of sp³-hybridized carbons (Fsp3) is 0.643. The van der Waals surface area contributed by atoms with Crippen molar-refractivity contribution in [3.63, 3.8) is 0 Å². The second-order valence-electron chi connectivity index (χ2n) is 5.27. The molecule has 0 aliphatic heterocycles.